The second kappa shape index (κ2) is 4.51. The van der Waals surface area contributed by atoms with E-state index in [0.29, 0.717) is 11.9 Å². The first kappa shape index (κ1) is 10.8. The van der Waals surface area contributed by atoms with E-state index in [0.717, 1.165) is 18.3 Å². The molecule has 92 valence electrons. The Morgan fingerprint density at radius 3 is 2.71 bits per heavy atom. The summed E-state index contributed by atoms with van der Waals surface area (Å²) in [4.78, 5) is 2.46. The molecule has 0 radical (unpaired) electrons. The minimum atomic E-state index is 0.506. The van der Waals surface area contributed by atoms with Crippen LogP contribution in [-0.4, -0.2) is 22.8 Å². The van der Waals surface area contributed by atoms with Crippen molar-refractivity contribution in [3.63, 3.8) is 0 Å². The minimum absolute atomic E-state index is 0.506. The van der Waals surface area contributed by atoms with Crippen molar-refractivity contribution in [2.75, 3.05) is 17.2 Å². The zero-order valence-corrected chi connectivity index (χ0v) is 10.2. The van der Waals surface area contributed by atoms with Gasteiger partial charge in [-0.3, -0.25) is 0 Å². The van der Waals surface area contributed by atoms with Crippen molar-refractivity contribution >= 4 is 11.6 Å². The van der Waals surface area contributed by atoms with Crippen molar-refractivity contribution in [3.05, 3.63) is 12.1 Å². The summed E-state index contributed by atoms with van der Waals surface area (Å²) in [5.41, 5.74) is 5.60. The van der Waals surface area contributed by atoms with Gasteiger partial charge in [-0.25, -0.2) is 0 Å². The average molecular weight is 232 g/mol. The Kier molecular flexibility index (Phi) is 2.87. The first-order chi connectivity index (χ1) is 8.34. The number of nitrogen functional groups attached to an aromatic ring is 1. The Balaban J connectivity index is 1.83. The monoisotopic (exact) mass is 232 g/mol. The van der Waals surface area contributed by atoms with Crippen LogP contribution in [0.5, 0.6) is 0 Å². The molecular weight excluding hydrogens is 212 g/mol. The SMILES string of the molecule is Nc1ccc(N2CCCC3CCCCC32)nn1. The number of nitrogens with zero attached hydrogens (tertiary/aromatic N) is 3. The standard InChI is InChI=1S/C13H20N4/c14-12-7-8-13(16-15-12)17-9-3-5-10-4-1-2-6-11(10)17/h7-8,10-11H,1-6,9H2,(H2,14,15). The van der Waals surface area contributed by atoms with Crippen LogP contribution in [0, 0.1) is 5.92 Å². The zero-order chi connectivity index (χ0) is 11.7. The van der Waals surface area contributed by atoms with E-state index in [1.807, 2.05) is 12.1 Å². The third-order valence-electron chi connectivity index (χ3n) is 4.21. The summed E-state index contributed by atoms with van der Waals surface area (Å²) >= 11 is 0. The molecule has 0 aromatic carbocycles. The Hall–Kier alpha value is -1.32. The predicted octanol–water partition coefficient (Wildman–Crippen LogP) is 2.22. The largest absolute Gasteiger partial charge is 0.382 e. The van der Waals surface area contributed by atoms with Crippen molar-refractivity contribution in [2.45, 2.75) is 44.6 Å². The highest BCUT2D eigenvalue weighted by atomic mass is 15.3. The molecule has 2 unspecified atom stereocenters. The number of rotatable bonds is 1. The molecule has 2 N–H and O–H groups in total. The lowest BCUT2D eigenvalue weighted by Gasteiger charge is -2.44. The lowest BCUT2D eigenvalue weighted by molar-refractivity contribution is 0.242. The molecule has 0 amide bonds. The molecule has 0 bridgehead atoms. The van der Waals surface area contributed by atoms with Crippen LogP contribution < -0.4 is 10.6 Å². The van der Waals surface area contributed by atoms with Gasteiger partial charge in [0.2, 0.25) is 0 Å². The molecule has 17 heavy (non-hydrogen) atoms. The number of nitrogens with two attached hydrogens (primary N) is 1. The van der Waals surface area contributed by atoms with E-state index >= 15 is 0 Å². The van der Waals surface area contributed by atoms with Gasteiger partial charge in [-0.1, -0.05) is 12.8 Å². The zero-order valence-electron chi connectivity index (χ0n) is 10.2. The lowest BCUT2D eigenvalue weighted by Crippen LogP contribution is -2.47. The van der Waals surface area contributed by atoms with Gasteiger partial charge >= 0.3 is 0 Å². The quantitative estimate of drug-likeness (QED) is 0.806. The highest BCUT2D eigenvalue weighted by Crippen LogP contribution is 2.36. The van der Waals surface area contributed by atoms with Gasteiger partial charge in [0.1, 0.15) is 5.82 Å². The smallest absolute Gasteiger partial charge is 0.151 e. The molecule has 1 aliphatic heterocycles. The molecular formula is C13H20N4. The molecule has 1 saturated carbocycles. The summed E-state index contributed by atoms with van der Waals surface area (Å²) in [7, 11) is 0. The van der Waals surface area contributed by atoms with Crippen molar-refractivity contribution in [1.82, 2.24) is 10.2 Å². The number of fused-ring (bicyclic) bond motifs is 1. The summed E-state index contributed by atoms with van der Waals surface area (Å²) in [6, 6.07) is 4.56. The molecule has 3 rings (SSSR count). The van der Waals surface area contributed by atoms with E-state index < -0.39 is 0 Å². The van der Waals surface area contributed by atoms with Crippen molar-refractivity contribution < 1.29 is 0 Å². The van der Waals surface area contributed by atoms with Crippen LogP contribution in [0.25, 0.3) is 0 Å². The fourth-order valence-corrected chi connectivity index (χ4v) is 3.40. The number of hydrogen-bond acceptors (Lipinski definition) is 4. The molecule has 0 spiro atoms. The van der Waals surface area contributed by atoms with E-state index in [1.54, 1.807) is 0 Å². The average Bonchev–Trinajstić information content (AvgIpc) is 2.39. The van der Waals surface area contributed by atoms with Gasteiger partial charge in [-0.15, -0.1) is 10.2 Å². The van der Waals surface area contributed by atoms with E-state index in [1.165, 1.54) is 38.5 Å². The normalized spacial score (nSPS) is 28.8. The second-order valence-corrected chi connectivity index (χ2v) is 5.26. The van der Waals surface area contributed by atoms with E-state index in [2.05, 4.69) is 15.1 Å². The van der Waals surface area contributed by atoms with Crippen molar-refractivity contribution in [3.8, 4) is 0 Å². The Labute approximate surface area is 102 Å². The predicted molar refractivity (Wildman–Crippen MR) is 68.8 cm³/mol. The fourth-order valence-electron chi connectivity index (χ4n) is 3.40. The Bertz CT molecular complexity index is 374. The van der Waals surface area contributed by atoms with Gasteiger partial charge in [-0.2, -0.15) is 0 Å². The maximum atomic E-state index is 5.60. The molecule has 2 fully saturated rings. The Morgan fingerprint density at radius 1 is 1.06 bits per heavy atom. The van der Waals surface area contributed by atoms with Gasteiger partial charge in [-0.05, 0) is 43.7 Å². The van der Waals surface area contributed by atoms with Crippen LogP contribution in [0.15, 0.2) is 12.1 Å². The van der Waals surface area contributed by atoms with Crippen LogP contribution in [0.2, 0.25) is 0 Å². The van der Waals surface area contributed by atoms with Crippen molar-refractivity contribution in [1.29, 1.82) is 0 Å². The van der Waals surface area contributed by atoms with E-state index in [-0.39, 0.29) is 0 Å². The van der Waals surface area contributed by atoms with Gasteiger partial charge in [0.25, 0.3) is 0 Å². The van der Waals surface area contributed by atoms with Crippen LogP contribution in [0.3, 0.4) is 0 Å². The van der Waals surface area contributed by atoms with Gasteiger partial charge in [0.05, 0.1) is 0 Å². The third-order valence-corrected chi connectivity index (χ3v) is 4.21. The van der Waals surface area contributed by atoms with Crippen molar-refractivity contribution in [2.24, 2.45) is 5.92 Å². The number of piperidine rings is 1. The minimum Gasteiger partial charge on any atom is -0.382 e. The Morgan fingerprint density at radius 2 is 1.88 bits per heavy atom. The first-order valence-electron chi connectivity index (χ1n) is 6.70. The molecule has 2 heterocycles. The maximum Gasteiger partial charge on any atom is 0.151 e. The number of aromatic nitrogens is 2. The summed E-state index contributed by atoms with van der Waals surface area (Å²) in [6.45, 7) is 1.12. The summed E-state index contributed by atoms with van der Waals surface area (Å²) in [5, 5.41) is 8.22. The number of hydrogen-bond donors (Lipinski definition) is 1. The number of anilines is 2. The molecule has 1 aromatic rings. The van der Waals surface area contributed by atoms with Crippen LogP contribution >= 0.6 is 0 Å². The van der Waals surface area contributed by atoms with Gasteiger partial charge in [0, 0.05) is 12.6 Å². The summed E-state index contributed by atoms with van der Waals surface area (Å²) in [5.74, 6) is 2.39. The summed E-state index contributed by atoms with van der Waals surface area (Å²) in [6.07, 6.45) is 8.15. The topological polar surface area (TPSA) is 55.0 Å². The van der Waals surface area contributed by atoms with Gasteiger partial charge in [0.15, 0.2) is 5.82 Å². The fraction of sp³-hybridized carbons (Fsp3) is 0.692. The molecule has 1 aromatic heterocycles. The highest BCUT2D eigenvalue weighted by Gasteiger charge is 2.33. The molecule has 2 aliphatic rings. The van der Waals surface area contributed by atoms with Crippen LogP contribution in [0.4, 0.5) is 11.6 Å². The second-order valence-electron chi connectivity index (χ2n) is 5.26. The lowest BCUT2D eigenvalue weighted by atomic mass is 9.78. The van der Waals surface area contributed by atoms with Gasteiger partial charge < -0.3 is 10.6 Å². The highest BCUT2D eigenvalue weighted by molar-refractivity contribution is 5.43. The third kappa shape index (κ3) is 2.08. The van der Waals surface area contributed by atoms with E-state index in [4.69, 9.17) is 5.73 Å². The molecule has 4 heteroatoms. The first-order valence-corrected chi connectivity index (χ1v) is 6.70. The molecule has 1 aliphatic carbocycles. The molecule has 1 saturated heterocycles. The van der Waals surface area contributed by atoms with E-state index in [9.17, 15) is 0 Å². The van der Waals surface area contributed by atoms with Crippen LogP contribution in [-0.2, 0) is 0 Å². The molecule has 2 atom stereocenters. The molecule has 4 nitrogen and oxygen atoms in total. The maximum absolute atomic E-state index is 5.60. The summed E-state index contributed by atoms with van der Waals surface area (Å²) < 4.78 is 0. The van der Waals surface area contributed by atoms with Crippen LogP contribution in [0.1, 0.15) is 38.5 Å².